The summed E-state index contributed by atoms with van der Waals surface area (Å²) in [5, 5.41) is 1.67. The molecule has 0 aliphatic rings. The van der Waals surface area contributed by atoms with Crippen molar-refractivity contribution in [2.75, 3.05) is 6.61 Å². The molecule has 21 heavy (non-hydrogen) atoms. The molecule has 0 unspecified atom stereocenters. The van der Waals surface area contributed by atoms with Crippen LogP contribution >= 0.6 is 0 Å². The molecule has 0 heterocycles. The van der Waals surface area contributed by atoms with Gasteiger partial charge < -0.3 is 9.47 Å². The first kappa shape index (κ1) is 15.0. The highest BCUT2D eigenvalue weighted by Gasteiger charge is 2.15. The molecule has 0 bridgehead atoms. The fourth-order valence-corrected chi connectivity index (χ4v) is 2.33. The van der Waals surface area contributed by atoms with Crippen LogP contribution in [0.25, 0.3) is 10.8 Å². The summed E-state index contributed by atoms with van der Waals surface area (Å²) in [7, 11) is 0. The lowest BCUT2D eigenvalue weighted by Crippen LogP contribution is -2.09. The van der Waals surface area contributed by atoms with Gasteiger partial charge in [-0.3, -0.25) is 9.59 Å². The largest absolute Gasteiger partial charge is 0.485 e. The van der Waals surface area contributed by atoms with E-state index in [0.717, 1.165) is 21.9 Å². The van der Waals surface area contributed by atoms with Gasteiger partial charge in [0.1, 0.15) is 18.1 Å². The summed E-state index contributed by atoms with van der Waals surface area (Å²) in [6, 6.07) is 7.53. The van der Waals surface area contributed by atoms with Crippen molar-refractivity contribution in [1.29, 1.82) is 0 Å². The van der Waals surface area contributed by atoms with Gasteiger partial charge in [0.25, 0.3) is 0 Å². The number of aryl methyl sites for hydroxylation is 2. The molecule has 2 rings (SSSR count). The molecule has 0 aliphatic heterocycles. The number of fused-ring (bicyclic) bond motifs is 1. The Balaban J connectivity index is 2.66. The van der Waals surface area contributed by atoms with Crippen LogP contribution in [0.3, 0.4) is 0 Å². The monoisotopic (exact) mass is 286 g/mol. The lowest BCUT2D eigenvalue weighted by Gasteiger charge is -2.16. The molecule has 4 heteroatoms. The van der Waals surface area contributed by atoms with Crippen molar-refractivity contribution in [2.24, 2.45) is 0 Å². The van der Waals surface area contributed by atoms with Gasteiger partial charge in [-0.2, -0.15) is 0 Å². The predicted octanol–water partition coefficient (Wildman–Crippen LogP) is 3.35. The number of ketones is 1. The first-order chi connectivity index (χ1) is 9.90. The summed E-state index contributed by atoms with van der Waals surface area (Å²) in [5.41, 5.74) is 1.81. The van der Waals surface area contributed by atoms with Gasteiger partial charge in [-0.05, 0) is 38.0 Å². The van der Waals surface area contributed by atoms with Gasteiger partial charge in [0, 0.05) is 17.7 Å². The third-order valence-electron chi connectivity index (χ3n) is 3.14. The Hall–Kier alpha value is -2.36. The number of hydrogen-bond acceptors (Lipinski definition) is 4. The Bertz CT molecular complexity index is 716. The molecule has 2 aromatic carbocycles. The van der Waals surface area contributed by atoms with Gasteiger partial charge in [0.05, 0.1) is 0 Å². The van der Waals surface area contributed by atoms with Crippen LogP contribution in [0.5, 0.6) is 11.5 Å². The van der Waals surface area contributed by atoms with Crippen molar-refractivity contribution in [3.8, 4) is 11.5 Å². The zero-order valence-electron chi connectivity index (χ0n) is 12.6. The summed E-state index contributed by atoms with van der Waals surface area (Å²) in [6.07, 6.45) is 0. The van der Waals surface area contributed by atoms with Crippen LogP contribution < -0.4 is 9.47 Å². The number of rotatable bonds is 4. The maximum absolute atomic E-state index is 11.3. The third-order valence-corrected chi connectivity index (χ3v) is 3.14. The van der Waals surface area contributed by atoms with Crippen LogP contribution in [-0.2, 0) is 9.59 Å². The minimum absolute atomic E-state index is 0.0246. The lowest BCUT2D eigenvalue weighted by atomic mass is 10.0. The van der Waals surface area contributed by atoms with Crippen molar-refractivity contribution in [1.82, 2.24) is 0 Å². The van der Waals surface area contributed by atoms with Crippen molar-refractivity contribution in [3.05, 3.63) is 35.4 Å². The van der Waals surface area contributed by atoms with Crippen molar-refractivity contribution in [2.45, 2.75) is 27.7 Å². The fourth-order valence-electron chi connectivity index (χ4n) is 2.33. The second-order valence-electron chi connectivity index (χ2n) is 5.10. The minimum atomic E-state index is -0.364. The summed E-state index contributed by atoms with van der Waals surface area (Å²) in [5.74, 6) is 0.763. The van der Waals surface area contributed by atoms with Crippen LogP contribution in [0, 0.1) is 13.8 Å². The van der Waals surface area contributed by atoms with Crippen LogP contribution in [0.15, 0.2) is 24.3 Å². The van der Waals surface area contributed by atoms with E-state index < -0.39 is 0 Å². The molecule has 0 aliphatic carbocycles. The van der Waals surface area contributed by atoms with E-state index in [4.69, 9.17) is 9.47 Å². The molecule has 0 N–H and O–H groups in total. The molecule has 4 nitrogen and oxygen atoms in total. The molecular formula is C17H18O4. The molecule has 0 saturated carbocycles. The number of benzene rings is 2. The van der Waals surface area contributed by atoms with Crippen molar-refractivity contribution in [3.63, 3.8) is 0 Å². The fraction of sp³-hybridized carbons (Fsp3) is 0.294. The lowest BCUT2D eigenvalue weighted by molar-refractivity contribution is -0.131. The van der Waals surface area contributed by atoms with E-state index in [1.807, 2.05) is 32.0 Å². The molecule has 0 fully saturated rings. The molecule has 0 spiro atoms. The second-order valence-corrected chi connectivity index (χ2v) is 5.10. The quantitative estimate of drug-likeness (QED) is 0.639. The van der Waals surface area contributed by atoms with E-state index in [1.165, 1.54) is 13.8 Å². The van der Waals surface area contributed by atoms with Gasteiger partial charge in [-0.1, -0.05) is 18.2 Å². The van der Waals surface area contributed by atoms with Gasteiger partial charge in [-0.25, -0.2) is 0 Å². The number of carbonyl (C=O) groups excluding carboxylic acids is 2. The standard InChI is InChI=1S/C17H18O4/c1-10-6-5-7-14-16(10)15(21-13(4)19)8-11(2)17(14)20-9-12(3)18/h5-8H,9H2,1-4H3. The molecular weight excluding hydrogens is 268 g/mol. The Morgan fingerprint density at radius 2 is 1.81 bits per heavy atom. The predicted molar refractivity (Wildman–Crippen MR) is 80.9 cm³/mol. The van der Waals surface area contributed by atoms with E-state index in [2.05, 4.69) is 0 Å². The van der Waals surface area contributed by atoms with Crippen LogP contribution in [0.4, 0.5) is 0 Å². The van der Waals surface area contributed by atoms with E-state index in [9.17, 15) is 9.59 Å². The highest BCUT2D eigenvalue weighted by atomic mass is 16.5. The van der Waals surface area contributed by atoms with Crippen LogP contribution in [0.1, 0.15) is 25.0 Å². The van der Waals surface area contributed by atoms with E-state index in [0.29, 0.717) is 11.5 Å². The van der Waals surface area contributed by atoms with Crippen LogP contribution in [-0.4, -0.2) is 18.4 Å². The molecule has 0 amide bonds. The second kappa shape index (κ2) is 5.95. The summed E-state index contributed by atoms with van der Waals surface area (Å²) in [4.78, 5) is 22.4. The average molecular weight is 286 g/mol. The van der Waals surface area contributed by atoms with E-state index in [1.54, 1.807) is 6.07 Å². The number of Topliss-reactive ketones (excluding diaryl/α,β-unsaturated/α-hetero) is 1. The Labute approximate surface area is 123 Å². The Kier molecular flexibility index (Phi) is 4.26. The number of carbonyl (C=O) groups is 2. The molecule has 2 aromatic rings. The number of hydrogen-bond donors (Lipinski definition) is 0. The van der Waals surface area contributed by atoms with Crippen LogP contribution in [0.2, 0.25) is 0 Å². The Morgan fingerprint density at radius 1 is 1.10 bits per heavy atom. The van der Waals surface area contributed by atoms with Gasteiger partial charge in [0.15, 0.2) is 5.78 Å². The minimum Gasteiger partial charge on any atom is -0.485 e. The SMILES string of the molecule is CC(=O)COc1c(C)cc(OC(C)=O)c2c(C)cccc12. The zero-order chi connectivity index (χ0) is 15.6. The highest BCUT2D eigenvalue weighted by Crippen LogP contribution is 2.38. The van der Waals surface area contributed by atoms with Crippen molar-refractivity contribution >= 4 is 22.5 Å². The van der Waals surface area contributed by atoms with Gasteiger partial charge in [-0.15, -0.1) is 0 Å². The maximum Gasteiger partial charge on any atom is 0.308 e. The molecule has 110 valence electrons. The summed E-state index contributed by atoms with van der Waals surface area (Å²) < 4.78 is 10.9. The summed E-state index contributed by atoms with van der Waals surface area (Å²) in [6.45, 7) is 6.69. The van der Waals surface area contributed by atoms with Crippen molar-refractivity contribution < 1.29 is 19.1 Å². The highest BCUT2D eigenvalue weighted by molar-refractivity contribution is 5.98. The zero-order valence-corrected chi connectivity index (χ0v) is 12.6. The molecule has 0 aromatic heterocycles. The molecule has 0 radical (unpaired) electrons. The first-order valence-electron chi connectivity index (χ1n) is 6.73. The third kappa shape index (κ3) is 3.21. The van der Waals surface area contributed by atoms with E-state index in [-0.39, 0.29) is 18.4 Å². The maximum atomic E-state index is 11.3. The topological polar surface area (TPSA) is 52.6 Å². The Morgan fingerprint density at radius 3 is 2.43 bits per heavy atom. The number of ether oxygens (including phenoxy) is 2. The number of esters is 1. The smallest absolute Gasteiger partial charge is 0.308 e. The van der Waals surface area contributed by atoms with E-state index >= 15 is 0 Å². The first-order valence-corrected chi connectivity index (χ1v) is 6.73. The average Bonchev–Trinajstić information content (AvgIpc) is 2.36. The van der Waals surface area contributed by atoms with Gasteiger partial charge >= 0.3 is 5.97 Å². The molecule has 0 saturated heterocycles. The molecule has 0 atom stereocenters. The normalized spacial score (nSPS) is 10.5. The summed E-state index contributed by atoms with van der Waals surface area (Å²) >= 11 is 0. The van der Waals surface area contributed by atoms with Gasteiger partial charge in [0.2, 0.25) is 0 Å².